The van der Waals surface area contributed by atoms with Gasteiger partial charge in [0.15, 0.2) is 4.80 Å². The van der Waals surface area contributed by atoms with Gasteiger partial charge >= 0.3 is 5.97 Å². The Morgan fingerprint density at radius 2 is 1.72 bits per heavy atom. The molecule has 0 spiro atoms. The molecule has 0 unspecified atom stereocenters. The van der Waals surface area contributed by atoms with Gasteiger partial charge in [0, 0.05) is 5.56 Å². The molecule has 0 fully saturated rings. The average Bonchev–Trinajstić information content (AvgIpc) is 3.33. The zero-order valence-electron chi connectivity index (χ0n) is 24.1. The number of thiazole rings is 1. The van der Waals surface area contributed by atoms with E-state index < -0.39 is 12.0 Å². The zero-order chi connectivity index (χ0) is 29.9. The fourth-order valence-corrected chi connectivity index (χ4v) is 6.42. The molecule has 5 aromatic rings. The number of methoxy groups -OCH3 is 1. The van der Waals surface area contributed by atoms with E-state index in [4.69, 9.17) is 14.2 Å². The van der Waals surface area contributed by atoms with Gasteiger partial charge < -0.3 is 14.2 Å². The van der Waals surface area contributed by atoms with Gasteiger partial charge in [0.1, 0.15) is 24.1 Å². The van der Waals surface area contributed by atoms with Crippen molar-refractivity contribution < 1.29 is 19.0 Å². The minimum absolute atomic E-state index is 0.209. The van der Waals surface area contributed by atoms with Crippen LogP contribution < -0.4 is 24.4 Å². The van der Waals surface area contributed by atoms with Crippen molar-refractivity contribution in [3.8, 4) is 11.5 Å². The van der Waals surface area contributed by atoms with Crippen LogP contribution in [0, 0.1) is 0 Å². The summed E-state index contributed by atoms with van der Waals surface area (Å²) in [5.41, 5.74) is 3.23. The second-order valence-corrected chi connectivity index (χ2v) is 11.0. The van der Waals surface area contributed by atoms with Crippen LogP contribution in [-0.2, 0) is 16.1 Å². The molecule has 1 aliphatic rings. The fourth-order valence-electron chi connectivity index (χ4n) is 5.37. The topological polar surface area (TPSA) is 79.1 Å². The van der Waals surface area contributed by atoms with Crippen molar-refractivity contribution in [2.75, 3.05) is 13.7 Å². The predicted molar refractivity (Wildman–Crippen MR) is 168 cm³/mol. The summed E-state index contributed by atoms with van der Waals surface area (Å²) in [5.74, 6) is 0.795. The molecule has 0 aliphatic carbocycles. The Morgan fingerprint density at radius 3 is 2.51 bits per heavy atom. The van der Waals surface area contributed by atoms with Crippen LogP contribution in [0.4, 0.5) is 0 Å². The van der Waals surface area contributed by atoms with Crippen LogP contribution in [0.5, 0.6) is 11.5 Å². The molecule has 0 N–H and O–H groups in total. The maximum atomic E-state index is 13.9. The van der Waals surface area contributed by atoms with Gasteiger partial charge in [-0.15, -0.1) is 0 Å². The standard InChI is InChI=1S/C35H30N2O5S/c1-4-41-34(39)31-22(2)36-35-37(32(31)28-14-7-8-15-29(28)40-3)33(38)30(43-35)20-23-16-18-26(19-17-23)42-21-25-12-9-11-24-10-5-6-13-27(24)25/h5-20,32H,4,21H2,1-3H3/b30-20-/t32-/m1/s1. The molecule has 8 heteroatoms. The van der Waals surface area contributed by atoms with Crippen LogP contribution in [0.25, 0.3) is 16.8 Å². The van der Waals surface area contributed by atoms with Gasteiger partial charge in [-0.1, -0.05) is 84.1 Å². The lowest BCUT2D eigenvalue weighted by Gasteiger charge is -2.25. The molecule has 0 saturated heterocycles. The molecule has 2 heterocycles. The van der Waals surface area contributed by atoms with E-state index in [1.165, 1.54) is 22.1 Å². The molecular formula is C35H30N2O5S. The number of hydrogen-bond acceptors (Lipinski definition) is 7. The molecule has 6 rings (SSSR count). The number of rotatable bonds is 8. The van der Waals surface area contributed by atoms with Crippen molar-refractivity contribution >= 4 is 34.2 Å². The molecule has 216 valence electrons. The first-order valence-corrected chi connectivity index (χ1v) is 14.8. The summed E-state index contributed by atoms with van der Waals surface area (Å²) in [6.45, 7) is 4.18. The van der Waals surface area contributed by atoms with Crippen LogP contribution >= 0.6 is 11.3 Å². The smallest absolute Gasteiger partial charge is 0.338 e. The van der Waals surface area contributed by atoms with Crippen molar-refractivity contribution in [2.24, 2.45) is 4.99 Å². The number of nitrogens with zero attached hydrogens (tertiary/aromatic N) is 2. The number of aromatic nitrogens is 1. The van der Waals surface area contributed by atoms with E-state index in [-0.39, 0.29) is 12.2 Å². The molecule has 4 aromatic carbocycles. The Bertz CT molecular complexity index is 2030. The highest BCUT2D eigenvalue weighted by Crippen LogP contribution is 2.35. The third-order valence-corrected chi connectivity index (χ3v) is 8.39. The molecule has 0 amide bonds. The highest BCUT2D eigenvalue weighted by molar-refractivity contribution is 7.07. The zero-order valence-corrected chi connectivity index (χ0v) is 24.9. The molecular weight excluding hydrogens is 560 g/mol. The molecule has 1 aliphatic heterocycles. The SMILES string of the molecule is CCOC(=O)C1=C(C)N=c2s/c(=C\c3ccc(OCc4cccc5ccccc45)cc3)c(=O)n2[C@@H]1c1ccccc1OC. The Hall–Kier alpha value is -4.95. The first kappa shape index (κ1) is 28.2. The molecule has 0 bridgehead atoms. The summed E-state index contributed by atoms with van der Waals surface area (Å²) < 4.78 is 19.2. The average molecular weight is 591 g/mol. The molecule has 0 saturated carbocycles. The van der Waals surface area contributed by atoms with E-state index >= 15 is 0 Å². The number of ether oxygens (including phenoxy) is 3. The lowest BCUT2D eigenvalue weighted by molar-refractivity contribution is -0.139. The Labute approximate surface area is 252 Å². The van der Waals surface area contributed by atoms with Gasteiger partial charge in [0.05, 0.1) is 29.5 Å². The first-order chi connectivity index (χ1) is 21.0. The fraction of sp³-hybridized carbons (Fsp3) is 0.171. The maximum absolute atomic E-state index is 13.9. The van der Waals surface area contributed by atoms with E-state index in [1.54, 1.807) is 25.5 Å². The van der Waals surface area contributed by atoms with E-state index in [9.17, 15) is 9.59 Å². The number of esters is 1. The lowest BCUT2D eigenvalue weighted by atomic mass is 9.95. The number of allylic oxidation sites excluding steroid dienone is 1. The van der Waals surface area contributed by atoms with Crippen molar-refractivity contribution in [3.63, 3.8) is 0 Å². The summed E-state index contributed by atoms with van der Waals surface area (Å²) in [5, 5.41) is 2.35. The monoisotopic (exact) mass is 590 g/mol. The van der Waals surface area contributed by atoms with E-state index in [0.29, 0.717) is 38.5 Å². The third-order valence-electron chi connectivity index (χ3n) is 7.40. The molecule has 1 aromatic heterocycles. The van der Waals surface area contributed by atoms with Crippen molar-refractivity contribution in [3.05, 3.63) is 139 Å². The highest BCUT2D eigenvalue weighted by Gasteiger charge is 2.34. The van der Waals surface area contributed by atoms with Crippen LogP contribution in [0.2, 0.25) is 0 Å². The highest BCUT2D eigenvalue weighted by atomic mass is 32.1. The summed E-state index contributed by atoms with van der Waals surface area (Å²) in [7, 11) is 1.57. The maximum Gasteiger partial charge on any atom is 0.338 e. The molecule has 7 nitrogen and oxygen atoms in total. The molecule has 0 radical (unpaired) electrons. The number of benzene rings is 4. The van der Waals surface area contributed by atoms with E-state index in [0.717, 1.165) is 16.9 Å². The van der Waals surface area contributed by atoms with Crippen molar-refractivity contribution in [2.45, 2.75) is 26.5 Å². The number of carbonyl (C=O) groups excluding carboxylic acids is 1. The summed E-state index contributed by atoms with van der Waals surface area (Å²) in [4.78, 5) is 32.2. The third kappa shape index (κ3) is 5.49. The second-order valence-electron chi connectivity index (χ2n) is 10.0. The molecule has 43 heavy (non-hydrogen) atoms. The van der Waals surface area contributed by atoms with Crippen molar-refractivity contribution in [1.82, 2.24) is 4.57 Å². The van der Waals surface area contributed by atoms with Gasteiger partial charge in [-0.2, -0.15) is 0 Å². The van der Waals surface area contributed by atoms with Crippen LogP contribution in [0.1, 0.15) is 36.6 Å². The number of hydrogen-bond donors (Lipinski definition) is 0. The van der Waals surface area contributed by atoms with Gasteiger partial charge in [0.2, 0.25) is 0 Å². The summed E-state index contributed by atoms with van der Waals surface area (Å²) in [6.07, 6.45) is 1.83. The van der Waals surface area contributed by atoms with Gasteiger partial charge in [0.25, 0.3) is 5.56 Å². The number of fused-ring (bicyclic) bond motifs is 2. The lowest BCUT2D eigenvalue weighted by Crippen LogP contribution is -2.40. The first-order valence-electron chi connectivity index (χ1n) is 14.0. The van der Waals surface area contributed by atoms with Gasteiger partial charge in [-0.3, -0.25) is 9.36 Å². The van der Waals surface area contributed by atoms with Crippen LogP contribution in [0.15, 0.2) is 112 Å². The largest absolute Gasteiger partial charge is 0.496 e. The van der Waals surface area contributed by atoms with Crippen molar-refractivity contribution in [1.29, 1.82) is 0 Å². The number of para-hydroxylation sites is 1. The Morgan fingerprint density at radius 1 is 0.977 bits per heavy atom. The second kappa shape index (κ2) is 12.1. The Balaban J connectivity index is 1.33. The van der Waals surface area contributed by atoms with Crippen LogP contribution in [0.3, 0.4) is 0 Å². The summed E-state index contributed by atoms with van der Waals surface area (Å²) >= 11 is 1.28. The van der Waals surface area contributed by atoms with E-state index in [1.807, 2.05) is 72.8 Å². The normalized spacial score (nSPS) is 14.8. The minimum atomic E-state index is -0.738. The minimum Gasteiger partial charge on any atom is -0.496 e. The number of carbonyl (C=O) groups is 1. The van der Waals surface area contributed by atoms with Gasteiger partial charge in [-0.25, -0.2) is 9.79 Å². The predicted octanol–water partition coefficient (Wildman–Crippen LogP) is 5.54. The molecule has 1 atom stereocenters. The van der Waals surface area contributed by atoms with Gasteiger partial charge in [-0.05, 0) is 60.0 Å². The quantitative estimate of drug-likeness (QED) is 0.222. The summed E-state index contributed by atoms with van der Waals surface area (Å²) in [6, 6.07) is 28.7. The van der Waals surface area contributed by atoms with Crippen LogP contribution in [-0.4, -0.2) is 24.3 Å². The van der Waals surface area contributed by atoms with E-state index in [2.05, 4.69) is 29.3 Å². The Kier molecular flexibility index (Phi) is 7.94.